The van der Waals surface area contributed by atoms with Crippen molar-refractivity contribution < 1.29 is 19.1 Å². The zero-order valence-electron chi connectivity index (χ0n) is 20.2. The molecule has 0 aromatic rings. The van der Waals surface area contributed by atoms with Crippen LogP contribution in [-0.2, 0) is 19.1 Å². The van der Waals surface area contributed by atoms with Gasteiger partial charge in [-0.2, -0.15) is 5.26 Å². The number of allylic oxidation sites excluding steroid dienone is 1. The average molecular weight is 442 g/mol. The van der Waals surface area contributed by atoms with Gasteiger partial charge in [-0.05, 0) is 104 Å². The Balaban J connectivity index is 1.52. The predicted octanol–water partition coefficient (Wildman–Crippen LogP) is 5.59. The van der Waals surface area contributed by atoms with Crippen molar-refractivity contribution >= 4 is 11.9 Å². The summed E-state index contributed by atoms with van der Waals surface area (Å²) in [6.07, 6.45) is 12.2. The van der Waals surface area contributed by atoms with E-state index in [1.54, 1.807) is 6.08 Å². The number of carbonyl (C=O) groups excluding carboxylic acids is 2. The Morgan fingerprint density at radius 2 is 1.69 bits per heavy atom. The fourth-order valence-corrected chi connectivity index (χ4v) is 8.68. The van der Waals surface area contributed by atoms with E-state index in [-0.39, 0.29) is 30.1 Å². The Labute approximate surface area is 192 Å². The van der Waals surface area contributed by atoms with Gasteiger partial charge in [0.05, 0.1) is 6.07 Å². The van der Waals surface area contributed by atoms with Crippen LogP contribution >= 0.6 is 0 Å². The van der Waals surface area contributed by atoms with Crippen LogP contribution < -0.4 is 0 Å². The van der Waals surface area contributed by atoms with Crippen molar-refractivity contribution in [1.82, 2.24) is 0 Å². The van der Waals surface area contributed by atoms with Crippen LogP contribution in [0.5, 0.6) is 0 Å². The van der Waals surface area contributed by atoms with E-state index in [9.17, 15) is 14.9 Å². The molecule has 32 heavy (non-hydrogen) atoms. The Bertz CT molecular complexity index is 828. The van der Waals surface area contributed by atoms with E-state index >= 15 is 0 Å². The highest BCUT2D eigenvalue weighted by Crippen LogP contribution is 2.68. The normalized spacial score (nSPS) is 43.3. The zero-order valence-corrected chi connectivity index (χ0v) is 20.2. The van der Waals surface area contributed by atoms with Crippen LogP contribution in [-0.4, -0.2) is 24.6 Å². The Morgan fingerprint density at radius 3 is 2.38 bits per heavy atom. The number of nitriles is 1. The number of rotatable bonds is 4. The number of hydrogen-bond donors (Lipinski definition) is 0. The Morgan fingerprint density at radius 1 is 0.969 bits per heavy atom. The maximum Gasteiger partial charge on any atom is 0.302 e. The molecule has 4 aliphatic rings. The van der Waals surface area contributed by atoms with Crippen LogP contribution in [0.3, 0.4) is 0 Å². The molecule has 0 aromatic heterocycles. The number of carbonyl (C=O) groups is 2. The molecule has 4 aliphatic carbocycles. The van der Waals surface area contributed by atoms with E-state index in [0.29, 0.717) is 23.2 Å². The minimum atomic E-state index is -0.284. The van der Waals surface area contributed by atoms with Gasteiger partial charge in [-0.15, -0.1) is 0 Å². The summed E-state index contributed by atoms with van der Waals surface area (Å²) in [6, 6.07) is 2.21. The smallest absolute Gasteiger partial charge is 0.302 e. The molecule has 0 bridgehead atoms. The summed E-state index contributed by atoms with van der Waals surface area (Å²) >= 11 is 0. The fraction of sp³-hybridized carbons (Fsp3) is 0.815. The molecule has 8 atom stereocenters. The van der Waals surface area contributed by atoms with Gasteiger partial charge < -0.3 is 9.47 Å². The number of esters is 2. The lowest BCUT2D eigenvalue weighted by Gasteiger charge is -2.61. The molecule has 0 radical (unpaired) electrons. The minimum absolute atomic E-state index is 0.104. The third-order valence-corrected chi connectivity index (χ3v) is 10.1. The SMILES string of the molecule is CC(=O)OC/C(=C\C#N)[C@H]1CC[C@H]2[C@@H]3CC[C@H]4C[C@@H](OC(C)=O)CC[C@]4(C)[C@H]3CC[C@]12C. The standard InChI is InChI=1S/C27H39NO4/c1-17(29)31-16-19(11-14-28)23-7-8-24-22-6-5-20-15-21(32-18(2)30)9-12-26(20,3)25(22)10-13-27(23,24)4/h11,20-25H,5-10,12-13,15-16H2,1-4H3/b19-11+/t20-,21-,22-,23+,24-,25-,26-,27+/m0/s1. The third-order valence-electron chi connectivity index (χ3n) is 10.1. The molecule has 176 valence electrons. The molecule has 4 saturated carbocycles. The maximum absolute atomic E-state index is 11.5. The summed E-state index contributed by atoms with van der Waals surface area (Å²) in [5.74, 6) is 2.71. The first-order valence-corrected chi connectivity index (χ1v) is 12.6. The average Bonchev–Trinajstić information content (AvgIpc) is 3.08. The highest BCUT2D eigenvalue weighted by atomic mass is 16.5. The van der Waals surface area contributed by atoms with Gasteiger partial charge in [-0.3, -0.25) is 9.59 Å². The highest BCUT2D eigenvalue weighted by Gasteiger charge is 2.60. The molecule has 0 spiro atoms. The second kappa shape index (κ2) is 8.84. The molecule has 5 heteroatoms. The molecule has 0 unspecified atom stereocenters. The monoisotopic (exact) mass is 441 g/mol. The quantitative estimate of drug-likeness (QED) is 0.420. The first kappa shape index (κ1) is 23.3. The van der Waals surface area contributed by atoms with Crippen LogP contribution in [0, 0.1) is 51.8 Å². The third kappa shape index (κ3) is 3.99. The van der Waals surface area contributed by atoms with E-state index in [0.717, 1.165) is 43.1 Å². The van der Waals surface area contributed by atoms with E-state index < -0.39 is 0 Å². The summed E-state index contributed by atoms with van der Waals surface area (Å²) in [5.41, 5.74) is 1.54. The lowest BCUT2D eigenvalue weighted by Crippen LogP contribution is -2.54. The largest absolute Gasteiger partial charge is 0.463 e. The molecular formula is C27H39NO4. The molecule has 0 aliphatic heterocycles. The van der Waals surface area contributed by atoms with E-state index in [1.807, 2.05) is 0 Å². The predicted molar refractivity (Wildman–Crippen MR) is 121 cm³/mol. The van der Waals surface area contributed by atoms with Crippen molar-refractivity contribution in [3.8, 4) is 6.07 Å². The van der Waals surface area contributed by atoms with Crippen molar-refractivity contribution in [3.63, 3.8) is 0 Å². The summed E-state index contributed by atoms with van der Waals surface area (Å²) in [7, 11) is 0. The highest BCUT2D eigenvalue weighted by molar-refractivity contribution is 5.66. The van der Waals surface area contributed by atoms with Gasteiger partial charge in [-0.25, -0.2) is 0 Å². The van der Waals surface area contributed by atoms with Crippen LogP contribution in [0.25, 0.3) is 0 Å². The van der Waals surface area contributed by atoms with E-state index in [1.165, 1.54) is 46.0 Å². The molecule has 0 saturated heterocycles. The molecule has 4 fully saturated rings. The Hall–Kier alpha value is -1.83. The van der Waals surface area contributed by atoms with Gasteiger partial charge in [0.1, 0.15) is 12.7 Å². The number of nitrogens with zero attached hydrogens (tertiary/aromatic N) is 1. The number of ether oxygens (including phenoxy) is 2. The summed E-state index contributed by atoms with van der Waals surface area (Å²) in [4.78, 5) is 22.9. The van der Waals surface area contributed by atoms with E-state index in [2.05, 4.69) is 19.9 Å². The first-order chi connectivity index (χ1) is 15.2. The van der Waals surface area contributed by atoms with Crippen molar-refractivity contribution in [3.05, 3.63) is 11.6 Å². The molecule has 0 amide bonds. The second-order valence-electron chi connectivity index (χ2n) is 11.5. The fourth-order valence-electron chi connectivity index (χ4n) is 8.68. The van der Waals surface area contributed by atoms with Crippen LogP contribution in [0.2, 0.25) is 0 Å². The first-order valence-electron chi connectivity index (χ1n) is 12.6. The van der Waals surface area contributed by atoms with Crippen LogP contribution in [0.4, 0.5) is 0 Å². The van der Waals surface area contributed by atoms with Crippen molar-refractivity contribution in [2.45, 2.75) is 91.6 Å². The molecule has 0 heterocycles. The topological polar surface area (TPSA) is 76.4 Å². The molecule has 4 rings (SSSR count). The van der Waals surface area contributed by atoms with Crippen molar-refractivity contribution in [1.29, 1.82) is 5.26 Å². The van der Waals surface area contributed by atoms with Gasteiger partial charge in [0.2, 0.25) is 0 Å². The zero-order chi connectivity index (χ0) is 23.1. The second-order valence-corrected chi connectivity index (χ2v) is 11.5. The Kier molecular flexibility index (Phi) is 6.45. The van der Waals surface area contributed by atoms with Crippen molar-refractivity contribution in [2.75, 3.05) is 6.61 Å². The van der Waals surface area contributed by atoms with Crippen molar-refractivity contribution in [2.24, 2.45) is 40.4 Å². The van der Waals surface area contributed by atoms with Gasteiger partial charge in [-0.1, -0.05) is 13.8 Å². The van der Waals surface area contributed by atoms with E-state index in [4.69, 9.17) is 9.47 Å². The molecule has 0 N–H and O–H groups in total. The summed E-state index contributed by atoms with van der Waals surface area (Å²) in [5, 5.41) is 9.37. The van der Waals surface area contributed by atoms with Gasteiger partial charge >= 0.3 is 11.9 Å². The van der Waals surface area contributed by atoms with Crippen LogP contribution in [0.1, 0.15) is 85.5 Å². The molecule has 0 aromatic carbocycles. The van der Waals surface area contributed by atoms with Gasteiger partial charge in [0.25, 0.3) is 0 Å². The number of hydrogen-bond acceptors (Lipinski definition) is 5. The lowest BCUT2D eigenvalue weighted by atomic mass is 9.44. The minimum Gasteiger partial charge on any atom is -0.463 e. The van der Waals surface area contributed by atoms with Crippen LogP contribution in [0.15, 0.2) is 11.6 Å². The van der Waals surface area contributed by atoms with Gasteiger partial charge in [0.15, 0.2) is 0 Å². The molecule has 5 nitrogen and oxygen atoms in total. The van der Waals surface area contributed by atoms with Gasteiger partial charge in [0, 0.05) is 19.9 Å². The summed E-state index contributed by atoms with van der Waals surface area (Å²) in [6.45, 7) is 8.18. The molecular weight excluding hydrogens is 402 g/mol. The number of fused-ring (bicyclic) bond motifs is 5. The maximum atomic E-state index is 11.5. The summed E-state index contributed by atoms with van der Waals surface area (Å²) < 4.78 is 10.9. The lowest BCUT2D eigenvalue weighted by molar-refractivity contribution is -0.159.